The number of carbonyl (C=O) groups excluding carboxylic acids is 1. The number of piperidine rings is 1. The third-order valence-electron chi connectivity index (χ3n) is 5.14. The van der Waals surface area contributed by atoms with Crippen LogP contribution in [0.25, 0.3) is 11.3 Å². The third-order valence-corrected chi connectivity index (χ3v) is 5.14. The van der Waals surface area contributed by atoms with Gasteiger partial charge in [0, 0.05) is 36.5 Å². The van der Waals surface area contributed by atoms with Gasteiger partial charge in [-0.2, -0.15) is 0 Å². The van der Waals surface area contributed by atoms with Crippen LogP contribution in [-0.4, -0.2) is 58.2 Å². The van der Waals surface area contributed by atoms with Gasteiger partial charge in [0.05, 0.1) is 23.7 Å². The minimum atomic E-state index is -0.0776. The summed E-state index contributed by atoms with van der Waals surface area (Å²) in [5, 5.41) is 12.4. The van der Waals surface area contributed by atoms with Crippen LogP contribution >= 0.6 is 0 Å². The number of nitrogens with zero attached hydrogens (tertiary/aromatic N) is 3. The van der Waals surface area contributed by atoms with E-state index >= 15 is 0 Å². The standard InChI is InChI=1S/C21H28N4O2/c1-15-13-23-16(2)20(24-15)17-6-8-18(9-7-17)21(27)22-10-12-25-11-4-3-5-19(25)14-26/h6-9,13,19,26H,3-5,10-12,14H2,1-2H3,(H,22,27)/t19-/m0/s1. The van der Waals surface area contributed by atoms with Gasteiger partial charge in [-0.05, 0) is 45.4 Å². The first-order valence-electron chi connectivity index (χ1n) is 9.62. The van der Waals surface area contributed by atoms with E-state index in [0.29, 0.717) is 12.1 Å². The molecule has 1 fully saturated rings. The quantitative estimate of drug-likeness (QED) is 0.818. The van der Waals surface area contributed by atoms with Crippen LogP contribution in [0.5, 0.6) is 0 Å². The van der Waals surface area contributed by atoms with Gasteiger partial charge in [-0.15, -0.1) is 0 Å². The highest BCUT2D eigenvalue weighted by Crippen LogP contribution is 2.20. The van der Waals surface area contributed by atoms with Crippen molar-refractivity contribution in [1.29, 1.82) is 0 Å². The molecule has 2 heterocycles. The first-order chi connectivity index (χ1) is 13.1. The molecule has 1 atom stereocenters. The molecule has 0 saturated carbocycles. The molecule has 0 spiro atoms. The smallest absolute Gasteiger partial charge is 0.251 e. The third kappa shape index (κ3) is 4.90. The van der Waals surface area contributed by atoms with E-state index in [9.17, 15) is 9.90 Å². The lowest BCUT2D eigenvalue weighted by atomic mass is 10.0. The van der Waals surface area contributed by atoms with Gasteiger partial charge in [-0.25, -0.2) is 4.98 Å². The normalized spacial score (nSPS) is 17.7. The number of hydrogen-bond donors (Lipinski definition) is 2. The number of amides is 1. The summed E-state index contributed by atoms with van der Waals surface area (Å²) in [6.07, 6.45) is 5.12. The topological polar surface area (TPSA) is 78.4 Å². The minimum absolute atomic E-state index is 0.0776. The largest absolute Gasteiger partial charge is 0.395 e. The molecule has 27 heavy (non-hydrogen) atoms. The highest BCUT2D eigenvalue weighted by molar-refractivity contribution is 5.94. The maximum Gasteiger partial charge on any atom is 0.251 e. The number of aliphatic hydroxyl groups excluding tert-OH is 1. The number of benzene rings is 1. The molecule has 6 nitrogen and oxygen atoms in total. The van der Waals surface area contributed by atoms with E-state index in [4.69, 9.17) is 0 Å². The minimum Gasteiger partial charge on any atom is -0.395 e. The van der Waals surface area contributed by atoms with Crippen LogP contribution in [0.4, 0.5) is 0 Å². The molecule has 2 aromatic rings. The van der Waals surface area contributed by atoms with Gasteiger partial charge >= 0.3 is 0 Å². The summed E-state index contributed by atoms with van der Waals surface area (Å²) in [6.45, 7) is 6.39. The van der Waals surface area contributed by atoms with Gasteiger partial charge in [0.1, 0.15) is 0 Å². The van der Waals surface area contributed by atoms with Crippen LogP contribution in [-0.2, 0) is 0 Å². The van der Waals surface area contributed by atoms with Crippen LogP contribution in [0, 0.1) is 13.8 Å². The van der Waals surface area contributed by atoms with E-state index in [0.717, 1.165) is 48.6 Å². The Morgan fingerprint density at radius 2 is 2.04 bits per heavy atom. The van der Waals surface area contributed by atoms with E-state index in [2.05, 4.69) is 20.2 Å². The number of nitrogens with one attached hydrogen (secondary N) is 1. The van der Waals surface area contributed by atoms with Crippen LogP contribution in [0.15, 0.2) is 30.5 Å². The Hall–Kier alpha value is -2.31. The zero-order valence-corrected chi connectivity index (χ0v) is 16.1. The van der Waals surface area contributed by atoms with E-state index in [1.54, 1.807) is 6.20 Å². The fraction of sp³-hybridized carbons (Fsp3) is 0.476. The Morgan fingerprint density at radius 3 is 2.78 bits per heavy atom. The summed E-state index contributed by atoms with van der Waals surface area (Å²) in [7, 11) is 0. The summed E-state index contributed by atoms with van der Waals surface area (Å²) in [6, 6.07) is 7.71. The number of rotatable bonds is 6. The van der Waals surface area contributed by atoms with Gasteiger partial charge in [0.15, 0.2) is 0 Å². The highest BCUT2D eigenvalue weighted by Gasteiger charge is 2.21. The molecule has 1 amide bonds. The molecule has 3 rings (SSSR count). The van der Waals surface area contributed by atoms with Crippen molar-refractivity contribution in [2.75, 3.05) is 26.2 Å². The lowest BCUT2D eigenvalue weighted by Crippen LogP contribution is -2.45. The molecule has 0 aliphatic carbocycles. The Labute approximate surface area is 160 Å². The Bertz CT molecular complexity index is 776. The van der Waals surface area contributed by atoms with E-state index in [1.807, 2.05) is 38.1 Å². The second-order valence-corrected chi connectivity index (χ2v) is 7.15. The number of aliphatic hydroxyl groups is 1. The van der Waals surface area contributed by atoms with Gasteiger partial charge in [-0.3, -0.25) is 14.7 Å². The summed E-state index contributed by atoms with van der Waals surface area (Å²) < 4.78 is 0. The summed E-state index contributed by atoms with van der Waals surface area (Å²) in [5.74, 6) is -0.0776. The number of likely N-dealkylation sites (tertiary alicyclic amines) is 1. The first-order valence-corrected chi connectivity index (χ1v) is 9.62. The fourth-order valence-corrected chi connectivity index (χ4v) is 3.57. The van der Waals surface area contributed by atoms with Gasteiger partial charge in [0.2, 0.25) is 0 Å². The molecular formula is C21H28N4O2. The molecule has 0 radical (unpaired) electrons. The molecule has 1 aromatic carbocycles. The van der Waals surface area contributed by atoms with Crippen molar-refractivity contribution in [2.45, 2.75) is 39.2 Å². The second kappa shape index (κ2) is 9.06. The predicted octanol–water partition coefficient (Wildman–Crippen LogP) is 2.34. The molecule has 144 valence electrons. The van der Waals surface area contributed by atoms with E-state index < -0.39 is 0 Å². The van der Waals surface area contributed by atoms with Crippen molar-refractivity contribution >= 4 is 5.91 Å². The van der Waals surface area contributed by atoms with Crippen molar-refractivity contribution in [1.82, 2.24) is 20.2 Å². The zero-order chi connectivity index (χ0) is 19.2. The average Bonchev–Trinajstić information content (AvgIpc) is 2.70. The zero-order valence-electron chi connectivity index (χ0n) is 16.1. The van der Waals surface area contributed by atoms with E-state index in [1.165, 1.54) is 6.42 Å². The van der Waals surface area contributed by atoms with Crippen molar-refractivity contribution in [2.24, 2.45) is 0 Å². The molecule has 1 saturated heterocycles. The summed E-state index contributed by atoms with van der Waals surface area (Å²) >= 11 is 0. The molecule has 2 N–H and O–H groups in total. The maximum atomic E-state index is 12.4. The van der Waals surface area contributed by atoms with Crippen LogP contribution in [0.1, 0.15) is 41.0 Å². The van der Waals surface area contributed by atoms with Crippen LogP contribution < -0.4 is 5.32 Å². The highest BCUT2D eigenvalue weighted by atomic mass is 16.3. The molecule has 0 unspecified atom stereocenters. The van der Waals surface area contributed by atoms with E-state index in [-0.39, 0.29) is 18.6 Å². The monoisotopic (exact) mass is 368 g/mol. The van der Waals surface area contributed by atoms with Crippen molar-refractivity contribution in [3.63, 3.8) is 0 Å². The Morgan fingerprint density at radius 1 is 1.26 bits per heavy atom. The fourth-order valence-electron chi connectivity index (χ4n) is 3.57. The summed E-state index contributed by atoms with van der Waals surface area (Å²) in [5.41, 5.74) is 4.19. The van der Waals surface area contributed by atoms with Crippen molar-refractivity contribution in [3.8, 4) is 11.3 Å². The first kappa shape index (κ1) is 19.5. The number of aromatic nitrogens is 2. The molecule has 1 aromatic heterocycles. The van der Waals surface area contributed by atoms with Crippen LogP contribution in [0.3, 0.4) is 0 Å². The molecule has 0 bridgehead atoms. The van der Waals surface area contributed by atoms with Gasteiger partial charge in [0.25, 0.3) is 5.91 Å². The lowest BCUT2D eigenvalue weighted by Gasteiger charge is -2.34. The van der Waals surface area contributed by atoms with Crippen LogP contribution in [0.2, 0.25) is 0 Å². The molecular weight excluding hydrogens is 340 g/mol. The second-order valence-electron chi connectivity index (χ2n) is 7.15. The Balaban J connectivity index is 1.57. The maximum absolute atomic E-state index is 12.4. The number of carbonyl (C=O) groups is 1. The van der Waals surface area contributed by atoms with Gasteiger partial charge in [-0.1, -0.05) is 18.6 Å². The predicted molar refractivity (Wildman–Crippen MR) is 106 cm³/mol. The molecule has 6 heteroatoms. The molecule has 1 aliphatic heterocycles. The summed E-state index contributed by atoms with van der Waals surface area (Å²) in [4.78, 5) is 23.6. The van der Waals surface area contributed by atoms with Crippen molar-refractivity contribution < 1.29 is 9.90 Å². The number of hydrogen-bond acceptors (Lipinski definition) is 5. The number of aryl methyl sites for hydroxylation is 2. The average molecular weight is 368 g/mol. The Kier molecular flexibility index (Phi) is 6.53. The molecule has 1 aliphatic rings. The van der Waals surface area contributed by atoms with Crippen molar-refractivity contribution in [3.05, 3.63) is 47.4 Å². The van der Waals surface area contributed by atoms with Gasteiger partial charge < -0.3 is 10.4 Å². The lowest BCUT2D eigenvalue weighted by molar-refractivity contribution is 0.0849. The SMILES string of the molecule is Cc1cnc(C)c(-c2ccc(C(=O)NCCN3CCCC[C@H]3CO)cc2)n1.